The monoisotopic (exact) mass is 435 g/mol. The van der Waals surface area contributed by atoms with Crippen molar-refractivity contribution < 1.29 is 22.1 Å². The van der Waals surface area contributed by atoms with E-state index in [0.29, 0.717) is 16.7 Å². The van der Waals surface area contributed by atoms with Crippen molar-refractivity contribution in [3.8, 4) is 0 Å². The van der Waals surface area contributed by atoms with Gasteiger partial charge in [-0.1, -0.05) is 26.3 Å². The minimum Gasteiger partial charge on any atom is -0.726 e. The van der Waals surface area contributed by atoms with Crippen LogP contribution in [0.4, 0.5) is 0 Å². The molecule has 4 aliphatic carbocycles. The second-order valence-corrected chi connectivity index (χ2v) is 11.7. The van der Waals surface area contributed by atoms with Gasteiger partial charge in [0.25, 0.3) is 0 Å². The predicted molar refractivity (Wildman–Crippen MR) is 114 cm³/mol. The zero-order chi connectivity index (χ0) is 21.4. The van der Waals surface area contributed by atoms with Crippen molar-refractivity contribution in [2.75, 3.05) is 0 Å². The Bertz CT molecular complexity index is 789. The summed E-state index contributed by atoms with van der Waals surface area (Å²) in [6.45, 7) is 4.98. The molecule has 0 aromatic carbocycles. The van der Waals surface area contributed by atoms with Crippen LogP contribution in [0.1, 0.15) is 78.1 Å². The summed E-state index contributed by atoms with van der Waals surface area (Å²) in [7, 11) is -4.57. The third-order valence-corrected chi connectivity index (χ3v) is 9.77. The molecule has 1 heterocycles. The molecule has 0 saturated heterocycles. The van der Waals surface area contributed by atoms with E-state index in [0.717, 1.165) is 37.0 Å². The van der Waals surface area contributed by atoms with Crippen LogP contribution >= 0.6 is 0 Å². The lowest BCUT2D eigenvalue weighted by molar-refractivity contribution is -0.377. The molecule has 0 amide bonds. The fraction of sp³-hybridized carbons (Fsp3) is 0.792. The van der Waals surface area contributed by atoms with Gasteiger partial charge in [0.1, 0.15) is 0 Å². The Morgan fingerprint density at radius 3 is 2.33 bits per heavy atom. The van der Waals surface area contributed by atoms with Crippen molar-refractivity contribution in [2.24, 2.45) is 34.5 Å². The molecule has 1 aromatic rings. The number of hydrogen-bond donors (Lipinski definition) is 0. The Kier molecular flexibility index (Phi) is 6.31. The molecule has 4 aliphatic rings. The van der Waals surface area contributed by atoms with Gasteiger partial charge in [-0.15, -0.1) is 0 Å². The SMILES string of the molecule is C[C@@]12CCC[C@H]1[C@H]1CC[C@H]3C[C@H](OS(=O)(=O)[O-])CC[C@]3(C)[C@@H]1CC2.c1cc[nH+]cc1. The lowest BCUT2D eigenvalue weighted by Gasteiger charge is -2.60. The zero-order valence-corrected chi connectivity index (χ0v) is 19.2. The summed E-state index contributed by atoms with van der Waals surface area (Å²) < 4.78 is 37.7. The molecule has 6 heteroatoms. The lowest BCUT2D eigenvalue weighted by Crippen LogP contribution is -2.53. The molecule has 0 radical (unpaired) electrons. The molecular formula is C24H37NO4S. The van der Waals surface area contributed by atoms with Gasteiger partial charge in [0.05, 0.1) is 6.10 Å². The average molecular weight is 436 g/mol. The summed E-state index contributed by atoms with van der Waals surface area (Å²) in [5.74, 6) is 3.08. The molecule has 30 heavy (non-hydrogen) atoms. The smallest absolute Gasteiger partial charge is 0.217 e. The molecule has 0 bridgehead atoms. The van der Waals surface area contributed by atoms with Crippen molar-refractivity contribution in [2.45, 2.75) is 84.2 Å². The van der Waals surface area contributed by atoms with Gasteiger partial charge in [-0.25, -0.2) is 13.4 Å². The maximum absolute atomic E-state index is 10.9. The van der Waals surface area contributed by atoms with E-state index in [2.05, 4.69) is 18.8 Å². The van der Waals surface area contributed by atoms with E-state index in [-0.39, 0.29) is 6.10 Å². The molecule has 5 nitrogen and oxygen atoms in total. The minimum atomic E-state index is -4.57. The van der Waals surface area contributed by atoms with Crippen LogP contribution in [0.25, 0.3) is 0 Å². The lowest BCUT2D eigenvalue weighted by atomic mass is 9.45. The van der Waals surface area contributed by atoms with Crippen molar-refractivity contribution in [3.05, 3.63) is 30.6 Å². The second kappa shape index (κ2) is 8.51. The topological polar surface area (TPSA) is 80.6 Å². The van der Waals surface area contributed by atoms with Gasteiger partial charge in [-0.05, 0) is 92.3 Å². The van der Waals surface area contributed by atoms with Crippen LogP contribution in [-0.2, 0) is 14.6 Å². The average Bonchev–Trinajstić information content (AvgIpc) is 3.11. The predicted octanol–water partition coefficient (Wildman–Crippen LogP) is 4.77. The van der Waals surface area contributed by atoms with Crippen LogP contribution in [-0.4, -0.2) is 19.1 Å². The molecule has 7 atom stereocenters. The van der Waals surface area contributed by atoms with Crippen LogP contribution < -0.4 is 4.98 Å². The number of hydrogen-bond acceptors (Lipinski definition) is 4. The molecule has 4 saturated carbocycles. The first-order valence-corrected chi connectivity index (χ1v) is 13.1. The molecular weight excluding hydrogens is 398 g/mol. The first kappa shape index (κ1) is 22.2. The van der Waals surface area contributed by atoms with Crippen molar-refractivity contribution >= 4 is 10.4 Å². The van der Waals surface area contributed by atoms with E-state index >= 15 is 0 Å². The minimum absolute atomic E-state index is 0.319. The molecule has 168 valence electrons. The van der Waals surface area contributed by atoms with Crippen molar-refractivity contribution in [3.63, 3.8) is 0 Å². The number of H-pyrrole nitrogens is 1. The van der Waals surface area contributed by atoms with E-state index < -0.39 is 10.4 Å². The highest BCUT2D eigenvalue weighted by Gasteiger charge is 2.57. The highest BCUT2D eigenvalue weighted by atomic mass is 32.3. The van der Waals surface area contributed by atoms with Gasteiger partial charge in [0.15, 0.2) is 12.4 Å². The Balaban J connectivity index is 0.000000313. The summed E-state index contributed by atoms with van der Waals surface area (Å²) in [5, 5.41) is 0. The largest absolute Gasteiger partial charge is 0.726 e. The van der Waals surface area contributed by atoms with Crippen LogP contribution in [0, 0.1) is 34.5 Å². The quantitative estimate of drug-likeness (QED) is 0.495. The maximum atomic E-state index is 10.9. The van der Waals surface area contributed by atoms with E-state index in [9.17, 15) is 13.0 Å². The van der Waals surface area contributed by atoms with Gasteiger partial charge < -0.3 is 4.55 Å². The Hall–Kier alpha value is -0.980. The fourth-order valence-corrected chi connectivity index (χ4v) is 8.32. The normalized spacial score (nSPS) is 42.8. The van der Waals surface area contributed by atoms with Gasteiger partial charge in [0.2, 0.25) is 10.4 Å². The Morgan fingerprint density at radius 1 is 0.933 bits per heavy atom. The molecule has 0 aliphatic heterocycles. The molecule has 0 unspecified atom stereocenters. The van der Waals surface area contributed by atoms with Gasteiger partial charge in [-0.3, -0.25) is 4.18 Å². The Morgan fingerprint density at radius 2 is 1.70 bits per heavy atom. The third kappa shape index (κ3) is 4.46. The van der Waals surface area contributed by atoms with E-state index in [1.165, 1.54) is 44.9 Å². The van der Waals surface area contributed by atoms with Gasteiger partial charge in [-0.2, -0.15) is 0 Å². The molecule has 1 aromatic heterocycles. The number of fused-ring (bicyclic) bond motifs is 5. The van der Waals surface area contributed by atoms with Crippen molar-refractivity contribution in [1.82, 2.24) is 0 Å². The molecule has 4 fully saturated rings. The van der Waals surface area contributed by atoms with Crippen LogP contribution in [0.15, 0.2) is 30.6 Å². The summed E-state index contributed by atoms with van der Waals surface area (Å²) >= 11 is 0. The van der Waals surface area contributed by atoms with E-state index in [4.69, 9.17) is 4.18 Å². The second-order valence-electron chi connectivity index (χ2n) is 10.7. The Labute approximate surface area is 182 Å². The van der Waals surface area contributed by atoms with E-state index in [1.807, 2.05) is 30.6 Å². The fourth-order valence-electron chi connectivity index (χ4n) is 7.81. The van der Waals surface area contributed by atoms with Crippen LogP contribution in [0.5, 0.6) is 0 Å². The summed E-state index contributed by atoms with van der Waals surface area (Å²) in [4.78, 5) is 2.89. The first-order chi connectivity index (χ1) is 14.2. The number of pyridine rings is 1. The van der Waals surface area contributed by atoms with Gasteiger partial charge in [0, 0.05) is 12.1 Å². The first-order valence-electron chi connectivity index (χ1n) is 11.8. The third-order valence-electron chi connectivity index (χ3n) is 9.26. The molecule has 1 N–H and O–H groups in total. The van der Waals surface area contributed by atoms with Gasteiger partial charge >= 0.3 is 0 Å². The summed E-state index contributed by atoms with van der Waals surface area (Å²) in [6.07, 6.45) is 15.3. The molecule has 0 spiro atoms. The van der Waals surface area contributed by atoms with Crippen LogP contribution in [0.2, 0.25) is 0 Å². The maximum Gasteiger partial charge on any atom is 0.217 e. The summed E-state index contributed by atoms with van der Waals surface area (Å²) in [6, 6.07) is 5.86. The summed E-state index contributed by atoms with van der Waals surface area (Å²) in [5.41, 5.74) is 0.903. The van der Waals surface area contributed by atoms with Crippen molar-refractivity contribution in [1.29, 1.82) is 0 Å². The highest BCUT2D eigenvalue weighted by molar-refractivity contribution is 7.80. The van der Waals surface area contributed by atoms with E-state index in [1.54, 1.807) is 0 Å². The standard InChI is InChI=1S/C19H32O4S.C5H5N/c1-18-9-3-4-16(18)15-6-5-13-12-14(23-24(20,21)22)7-11-19(13,2)17(15)8-10-18;1-2-4-6-5-3-1/h13-17H,3-12H2,1-2H3,(H,20,21,22);1-5H/t13-,14+,15+,16-,17+,18-,19-;/m0./s1. The number of rotatable bonds is 2. The molecule has 5 rings (SSSR count). The zero-order valence-electron chi connectivity index (χ0n) is 18.4. The number of nitrogens with one attached hydrogen (secondary N) is 1. The number of aromatic nitrogens is 1. The number of aromatic amines is 1. The van der Waals surface area contributed by atoms with Crippen LogP contribution in [0.3, 0.4) is 0 Å². The highest BCUT2D eigenvalue weighted by Crippen LogP contribution is 2.66.